The third kappa shape index (κ3) is 1.75. The molecule has 4 heteroatoms. The van der Waals surface area contributed by atoms with Crippen molar-refractivity contribution >= 4 is 0 Å². The number of ether oxygens (including phenoxy) is 1. The summed E-state index contributed by atoms with van der Waals surface area (Å²) >= 11 is 0. The zero-order valence-electron chi connectivity index (χ0n) is 9.14. The van der Waals surface area contributed by atoms with Crippen molar-refractivity contribution in [1.82, 2.24) is 9.78 Å². The Balaban J connectivity index is 2.54. The number of nitriles is 1. The van der Waals surface area contributed by atoms with E-state index in [-0.39, 0.29) is 0 Å². The molecule has 80 valence electrons. The van der Waals surface area contributed by atoms with Gasteiger partial charge in [0.05, 0.1) is 24.3 Å². The van der Waals surface area contributed by atoms with Gasteiger partial charge in [-0.2, -0.15) is 5.26 Å². The van der Waals surface area contributed by atoms with E-state index in [0.717, 1.165) is 11.1 Å². The maximum Gasteiger partial charge on any atom is 0.240 e. The van der Waals surface area contributed by atoms with E-state index in [0.29, 0.717) is 11.4 Å². The van der Waals surface area contributed by atoms with E-state index >= 15 is 0 Å². The van der Waals surface area contributed by atoms with Gasteiger partial charge in [0, 0.05) is 13.2 Å². The molecule has 16 heavy (non-hydrogen) atoms. The molecule has 0 atom stereocenters. The average molecular weight is 213 g/mol. The van der Waals surface area contributed by atoms with Crippen LogP contribution in [0.4, 0.5) is 0 Å². The summed E-state index contributed by atoms with van der Waals surface area (Å²) in [5, 5.41) is 13.0. The number of benzene rings is 1. The molecule has 0 aliphatic rings. The van der Waals surface area contributed by atoms with Crippen LogP contribution in [0, 0.1) is 11.3 Å². The van der Waals surface area contributed by atoms with Crippen LogP contribution in [0.5, 0.6) is 5.88 Å². The highest BCUT2D eigenvalue weighted by atomic mass is 16.5. The SMILES string of the molecule is COc1nn(C)cc1-c1cccc(C#N)c1. The van der Waals surface area contributed by atoms with Crippen molar-refractivity contribution in [2.24, 2.45) is 7.05 Å². The summed E-state index contributed by atoms with van der Waals surface area (Å²) < 4.78 is 6.87. The van der Waals surface area contributed by atoms with Gasteiger partial charge in [-0.15, -0.1) is 5.10 Å². The molecular weight excluding hydrogens is 202 g/mol. The number of aryl methyl sites for hydroxylation is 1. The molecule has 1 aromatic heterocycles. The fourth-order valence-electron chi connectivity index (χ4n) is 1.57. The summed E-state index contributed by atoms with van der Waals surface area (Å²) in [4.78, 5) is 0. The fourth-order valence-corrected chi connectivity index (χ4v) is 1.57. The Labute approximate surface area is 93.7 Å². The molecule has 2 rings (SSSR count). The van der Waals surface area contributed by atoms with Gasteiger partial charge in [0.1, 0.15) is 0 Å². The van der Waals surface area contributed by atoms with Crippen molar-refractivity contribution in [2.45, 2.75) is 0 Å². The Morgan fingerprint density at radius 2 is 2.25 bits per heavy atom. The smallest absolute Gasteiger partial charge is 0.240 e. The second kappa shape index (κ2) is 4.07. The Morgan fingerprint density at radius 1 is 1.44 bits per heavy atom. The normalized spacial score (nSPS) is 9.81. The van der Waals surface area contributed by atoms with Gasteiger partial charge in [0.2, 0.25) is 5.88 Å². The minimum Gasteiger partial charge on any atom is -0.479 e. The lowest BCUT2D eigenvalue weighted by Gasteiger charge is -2.00. The highest BCUT2D eigenvalue weighted by molar-refractivity contribution is 5.69. The molecule has 0 amide bonds. The highest BCUT2D eigenvalue weighted by Gasteiger charge is 2.10. The Morgan fingerprint density at radius 3 is 2.94 bits per heavy atom. The predicted molar refractivity (Wildman–Crippen MR) is 59.9 cm³/mol. The minimum absolute atomic E-state index is 0.567. The molecule has 0 saturated carbocycles. The fraction of sp³-hybridized carbons (Fsp3) is 0.167. The number of aromatic nitrogens is 2. The molecule has 1 aromatic carbocycles. The lowest BCUT2D eigenvalue weighted by Crippen LogP contribution is -1.89. The van der Waals surface area contributed by atoms with Crippen molar-refractivity contribution < 1.29 is 4.74 Å². The maximum atomic E-state index is 8.84. The van der Waals surface area contributed by atoms with Crippen molar-refractivity contribution in [1.29, 1.82) is 5.26 Å². The summed E-state index contributed by atoms with van der Waals surface area (Å²) in [6.45, 7) is 0. The van der Waals surface area contributed by atoms with Crippen molar-refractivity contribution in [2.75, 3.05) is 7.11 Å². The van der Waals surface area contributed by atoms with E-state index in [1.807, 2.05) is 31.4 Å². The lowest BCUT2D eigenvalue weighted by molar-refractivity contribution is 0.393. The van der Waals surface area contributed by atoms with E-state index < -0.39 is 0 Å². The standard InChI is InChI=1S/C12H11N3O/c1-15-8-11(12(14-15)16-2)10-5-3-4-9(6-10)7-13/h3-6,8H,1-2H3. The number of rotatable bonds is 2. The summed E-state index contributed by atoms with van der Waals surface area (Å²) in [5.41, 5.74) is 2.45. The van der Waals surface area contributed by atoms with Crippen LogP contribution >= 0.6 is 0 Å². The molecule has 0 unspecified atom stereocenters. The third-order valence-electron chi connectivity index (χ3n) is 2.29. The molecule has 0 bridgehead atoms. The van der Waals surface area contributed by atoms with Gasteiger partial charge in [-0.1, -0.05) is 12.1 Å². The average Bonchev–Trinajstić information content (AvgIpc) is 2.70. The molecule has 0 aliphatic carbocycles. The monoisotopic (exact) mass is 213 g/mol. The molecule has 0 N–H and O–H groups in total. The van der Waals surface area contributed by atoms with Crippen LogP contribution in [-0.4, -0.2) is 16.9 Å². The summed E-state index contributed by atoms with van der Waals surface area (Å²) in [6, 6.07) is 9.48. The molecule has 4 nitrogen and oxygen atoms in total. The molecule has 0 aliphatic heterocycles. The molecule has 0 saturated heterocycles. The van der Waals surface area contributed by atoms with Crippen LogP contribution in [0.2, 0.25) is 0 Å². The number of nitrogens with zero attached hydrogens (tertiary/aromatic N) is 3. The third-order valence-corrected chi connectivity index (χ3v) is 2.29. The molecular formula is C12H11N3O. The van der Waals surface area contributed by atoms with E-state index in [1.165, 1.54) is 0 Å². The van der Waals surface area contributed by atoms with E-state index in [2.05, 4.69) is 11.2 Å². The number of hydrogen-bond donors (Lipinski definition) is 0. The first-order valence-corrected chi connectivity index (χ1v) is 4.83. The van der Waals surface area contributed by atoms with Crippen LogP contribution in [-0.2, 0) is 7.05 Å². The van der Waals surface area contributed by atoms with Gasteiger partial charge in [0.25, 0.3) is 0 Å². The van der Waals surface area contributed by atoms with Gasteiger partial charge in [-0.25, -0.2) is 0 Å². The van der Waals surface area contributed by atoms with Gasteiger partial charge < -0.3 is 4.74 Å². The molecule has 0 spiro atoms. The van der Waals surface area contributed by atoms with Crippen molar-refractivity contribution in [3.8, 4) is 23.1 Å². The largest absolute Gasteiger partial charge is 0.479 e. The van der Waals surface area contributed by atoms with Crippen LogP contribution in [0.1, 0.15) is 5.56 Å². The summed E-state index contributed by atoms with van der Waals surface area (Å²) in [5.74, 6) is 0.567. The molecule has 2 aromatic rings. The van der Waals surface area contributed by atoms with Gasteiger partial charge in [-0.05, 0) is 17.7 Å². The predicted octanol–water partition coefficient (Wildman–Crippen LogP) is 1.97. The maximum absolute atomic E-state index is 8.84. The second-order valence-electron chi connectivity index (χ2n) is 3.42. The molecule has 0 radical (unpaired) electrons. The van der Waals surface area contributed by atoms with Gasteiger partial charge in [0.15, 0.2) is 0 Å². The number of methoxy groups -OCH3 is 1. The molecule has 1 heterocycles. The first-order chi connectivity index (χ1) is 7.74. The Kier molecular flexibility index (Phi) is 2.61. The lowest BCUT2D eigenvalue weighted by atomic mass is 10.1. The minimum atomic E-state index is 0.567. The quantitative estimate of drug-likeness (QED) is 0.766. The summed E-state index contributed by atoms with van der Waals surface area (Å²) in [6.07, 6.45) is 1.87. The second-order valence-corrected chi connectivity index (χ2v) is 3.42. The summed E-state index contributed by atoms with van der Waals surface area (Å²) in [7, 11) is 3.42. The molecule has 0 fully saturated rings. The van der Waals surface area contributed by atoms with Crippen LogP contribution in [0.25, 0.3) is 11.1 Å². The first-order valence-electron chi connectivity index (χ1n) is 4.83. The Hall–Kier alpha value is -2.28. The van der Waals surface area contributed by atoms with Gasteiger partial charge >= 0.3 is 0 Å². The highest BCUT2D eigenvalue weighted by Crippen LogP contribution is 2.28. The van der Waals surface area contributed by atoms with Gasteiger partial charge in [-0.3, -0.25) is 4.68 Å². The topological polar surface area (TPSA) is 50.8 Å². The number of hydrogen-bond acceptors (Lipinski definition) is 3. The van der Waals surface area contributed by atoms with E-state index in [1.54, 1.807) is 17.9 Å². The zero-order valence-corrected chi connectivity index (χ0v) is 9.14. The Bertz CT molecular complexity index is 552. The zero-order chi connectivity index (χ0) is 11.5. The van der Waals surface area contributed by atoms with E-state index in [4.69, 9.17) is 10.00 Å². The van der Waals surface area contributed by atoms with Crippen molar-refractivity contribution in [3.63, 3.8) is 0 Å². The van der Waals surface area contributed by atoms with Crippen LogP contribution in [0.15, 0.2) is 30.5 Å². The van der Waals surface area contributed by atoms with Crippen LogP contribution < -0.4 is 4.74 Å². The van der Waals surface area contributed by atoms with E-state index in [9.17, 15) is 0 Å². The van der Waals surface area contributed by atoms with Crippen LogP contribution in [0.3, 0.4) is 0 Å². The van der Waals surface area contributed by atoms with Crippen molar-refractivity contribution in [3.05, 3.63) is 36.0 Å². The first kappa shape index (κ1) is 10.2.